The maximum atomic E-state index is 13.2. The molecule has 6 nitrogen and oxygen atoms in total. The number of nitrogens with one attached hydrogen (secondary N) is 1. The van der Waals surface area contributed by atoms with Gasteiger partial charge in [-0.05, 0) is 37.3 Å². The number of ether oxygens (including phenoxy) is 1. The van der Waals surface area contributed by atoms with Crippen molar-refractivity contribution in [3.63, 3.8) is 0 Å². The van der Waals surface area contributed by atoms with Crippen LogP contribution in [0, 0.1) is 15.9 Å². The van der Waals surface area contributed by atoms with Gasteiger partial charge in [-0.2, -0.15) is 0 Å². The van der Waals surface area contributed by atoms with Crippen molar-refractivity contribution in [2.24, 2.45) is 0 Å². The number of carbonyl (C=O) groups excluding carboxylic acids is 1. The van der Waals surface area contributed by atoms with Crippen LogP contribution >= 0.6 is 23.4 Å². The topological polar surface area (TPSA) is 81.5 Å². The molecule has 0 saturated heterocycles. The maximum Gasteiger partial charge on any atom is 0.296 e. The van der Waals surface area contributed by atoms with Crippen LogP contribution in [-0.2, 0) is 4.79 Å². The number of amides is 1. The zero-order valence-corrected chi connectivity index (χ0v) is 14.9. The third-order valence-corrected chi connectivity index (χ3v) is 4.62. The third-order valence-electron chi connectivity index (χ3n) is 3.23. The van der Waals surface area contributed by atoms with Gasteiger partial charge in [0, 0.05) is 4.90 Å². The molecule has 0 aromatic heterocycles. The molecule has 1 atom stereocenters. The standard InChI is InChI=1S/C16H14ClFN2O4S/c1-9(25-11-4-5-13(18)12(17)8-11)16(21)19-14-6-3-10(24-2)7-15(14)20(22)23/h3-9H,1-2H3,(H,19,21)/t9-/m0/s1. The molecule has 1 N–H and O–H groups in total. The molecule has 132 valence electrons. The van der Waals surface area contributed by atoms with E-state index < -0.39 is 21.9 Å². The Morgan fingerprint density at radius 2 is 2.08 bits per heavy atom. The first kappa shape index (κ1) is 19.0. The molecule has 0 fully saturated rings. The van der Waals surface area contributed by atoms with Crippen molar-refractivity contribution in [3.05, 3.63) is 57.4 Å². The minimum absolute atomic E-state index is 0.0385. The number of thioether (sulfide) groups is 1. The molecular weight excluding hydrogens is 371 g/mol. The number of halogens is 2. The number of anilines is 1. The van der Waals surface area contributed by atoms with Gasteiger partial charge in [0.2, 0.25) is 5.91 Å². The summed E-state index contributed by atoms with van der Waals surface area (Å²) in [6.07, 6.45) is 0. The summed E-state index contributed by atoms with van der Waals surface area (Å²) < 4.78 is 18.1. The van der Waals surface area contributed by atoms with Gasteiger partial charge in [-0.3, -0.25) is 14.9 Å². The molecule has 0 saturated carbocycles. The second kappa shape index (κ2) is 8.17. The predicted octanol–water partition coefficient (Wildman–Crippen LogP) is 4.52. The Hall–Kier alpha value is -2.32. The highest BCUT2D eigenvalue weighted by atomic mass is 35.5. The smallest absolute Gasteiger partial charge is 0.296 e. The SMILES string of the molecule is COc1ccc(NC(=O)[C@H](C)Sc2ccc(F)c(Cl)c2)c([N+](=O)[O-])c1. The molecule has 0 radical (unpaired) electrons. The Morgan fingerprint density at radius 3 is 2.68 bits per heavy atom. The van der Waals surface area contributed by atoms with Crippen LogP contribution < -0.4 is 10.1 Å². The summed E-state index contributed by atoms with van der Waals surface area (Å²) in [5.41, 5.74) is -0.199. The van der Waals surface area contributed by atoms with Crippen LogP contribution in [0.3, 0.4) is 0 Å². The lowest BCUT2D eigenvalue weighted by Crippen LogP contribution is -2.22. The summed E-state index contributed by atoms with van der Waals surface area (Å²) in [6, 6.07) is 8.28. The maximum absolute atomic E-state index is 13.2. The van der Waals surface area contributed by atoms with E-state index in [0.717, 1.165) is 11.8 Å². The number of nitro groups is 1. The first-order valence-corrected chi connectivity index (χ1v) is 8.32. The van der Waals surface area contributed by atoms with Gasteiger partial charge in [0.05, 0.1) is 28.4 Å². The Balaban J connectivity index is 2.13. The average Bonchev–Trinajstić information content (AvgIpc) is 2.58. The summed E-state index contributed by atoms with van der Waals surface area (Å²) in [6.45, 7) is 1.63. The van der Waals surface area contributed by atoms with E-state index in [0.29, 0.717) is 10.6 Å². The first-order valence-electron chi connectivity index (χ1n) is 7.07. The van der Waals surface area contributed by atoms with Gasteiger partial charge >= 0.3 is 0 Å². The molecule has 2 aromatic rings. The van der Waals surface area contributed by atoms with Crippen LogP contribution in [-0.4, -0.2) is 23.2 Å². The molecule has 9 heteroatoms. The molecular formula is C16H14ClFN2O4S. The van der Waals surface area contributed by atoms with Crippen molar-refractivity contribution >= 4 is 40.6 Å². The minimum Gasteiger partial charge on any atom is -0.496 e. The molecule has 0 heterocycles. The van der Waals surface area contributed by atoms with E-state index in [9.17, 15) is 19.3 Å². The number of nitro benzene ring substituents is 1. The number of benzene rings is 2. The molecule has 2 aromatic carbocycles. The first-order chi connectivity index (χ1) is 11.8. The van der Waals surface area contributed by atoms with Gasteiger partial charge in [-0.1, -0.05) is 11.6 Å². The van der Waals surface area contributed by atoms with Crippen molar-refractivity contribution in [2.75, 3.05) is 12.4 Å². The predicted molar refractivity (Wildman–Crippen MR) is 95.0 cm³/mol. The van der Waals surface area contributed by atoms with Gasteiger partial charge in [0.1, 0.15) is 17.3 Å². The lowest BCUT2D eigenvalue weighted by Gasteiger charge is -2.13. The van der Waals surface area contributed by atoms with Crippen LogP contribution in [0.2, 0.25) is 5.02 Å². The summed E-state index contributed by atoms with van der Waals surface area (Å²) in [5, 5.41) is 13.1. The fraction of sp³-hybridized carbons (Fsp3) is 0.188. The Morgan fingerprint density at radius 1 is 1.36 bits per heavy atom. The van der Waals surface area contributed by atoms with Gasteiger partial charge < -0.3 is 10.1 Å². The zero-order chi connectivity index (χ0) is 18.6. The number of rotatable bonds is 6. The van der Waals surface area contributed by atoms with Gasteiger partial charge in [0.25, 0.3) is 5.69 Å². The van der Waals surface area contributed by atoms with Crippen molar-refractivity contribution in [1.82, 2.24) is 0 Å². The monoisotopic (exact) mass is 384 g/mol. The number of hydrogen-bond acceptors (Lipinski definition) is 5. The number of hydrogen-bond donors (Lipinski definition) is 1. The fourth-order valence-corrected chi connectivity index (χ4v) is 3.09. The summed E-state index contributed by atoms with van der Waals surface area (Å²) in [4.78, 5) is 23.5. The van der Waals surface area contributed by atoms with Crippen molar-refractivity contribution in [3.8, 4) is 5.75 Å². The normalized spacial score (nSPS) is 11.7. The summed E-state index contributed by atoms with van der Waals surface area (Å²) in [5.74, 6) is -0.663. The summed E-state index contributed by atoms with van der Waals surface area (Å²) in [7, 11) is 1.39. The number of nitrogens with zero attached hydrogens (tertiary/aromatic N) is 1. The molecule has 0 spiro atoms. The highest BCUT2D eigenvalue weighted by molar-refractivity contribution is 8.00. The molecule has 0 bridgehead atoms. The molecule has 0 aliphatic heterocycles. The quantitative estimate of drug-likeness (QED) is 0.450. The molecule has 2 rings (SSSR count). The van der Waals surface area contributed by atoms with E-state index in [1.54, 1.807) is 6.92 Å². The lowest BCUT2D eigenvalue weighted by molar-refractivity contribution is -0.384. The molecule has 0 unspecified atom stereocenters. The molecule has 0 aliphatic carbocycles. The third kappa shape index (κ3) is 4.83. The second-order valence-corrected chi connectivity index (χ2v) is 6.79. The van der Waals surface area contributed by atoms with E-state index >= 15 is 0 Å². The zero-order valence-electron chi connectivity index (χ0n) is 13.3. The van der Waals surface area contributed by atoms with Crippen LogP contribution in [0.5, 0.6) is 5.75 Å². The second-order valence-electron chi connectivity index (χ2n) is 4.97. The van der Waals surface area contributed by atoms with Gasteiger partial charge in [-0.25, -0.2) is 4.39 Å². The number of methoxy groups -OCH3 is 1. The van der Waals surface area contributed by atoms with Gasteiger partial charge in [0.15, 0.2) is 0 Å². The van der Waals surface area contributed by atoms with E-state index in [-0.39, 0.29) is 16.4 Å². The fourth-order valence-electron chi connectivity index (χ4n) is 1.94. The van der Waals surface area contributed by atoms with Crippen LogP contribution in [0.25, 0.3) is 0 Å². The highest BCUT2D eigenvalue weighted by Crippen LogP contribution is 2.31. The largest absolute Gasteiger partial charge is 0.496 e. The Kier molecular flexibility index (Phi) is 6.22. The van der Waals surface area contributed by atoms with Crippen molar-refractivity contribution < 1.29 is 18.8 Å². The van der Waals surface area contributed by atoms with Crippen LogP contribution in [0.15, 0.2) is 41.3 Å². The molecule has 25 heavy (non-hydrogen) atoms. The average molecular weight is 385 g/mol. The van der Waals surface area contributed by atoms with E-state index in [1.807, 2.05) is 0 Å². The van der Waals surface area contributed by atoms with E-state index in [1.165, 1.54) is 43.5 Å². The molecule has 0 aliphatic rings. The summed E-state index contributed by atoms with van der Waals surface area (Å²) >= 11 is 6.87. The van der Waals surface area contributed by atoms with Crippen LogP contribution in [0.1, 0.15) is 6.92 Å². The number of carbonyl (C=O) groups is 1. The Bertz CT molecular complexity index is 819. The Labute approximate surface area is 152 Å². The highest BCUT2D eigenvalue weighted by Gasteiger charge is 2.21. The van der Waals surface area contributed by atoms with E-state index in [4.69, 9.17) is 16.3 Å². The van der Waals surface area contributed by atoms with Crippen molar-refractivity contribution in [1.29, 1.82) is 0 Å². The van der Waals surface area contributed by atoms with Crippen LogP contribution in [0.4, 0.5) is 15.8 Å². The van der Waals surface area contributed by atoms with Crippen molar-refractivity contribution in [2.45, 2.75) is 17.1 Å². The minimum atomic E-state index is -0.601. The van der Waals surface area contributed by atoms with Gasteiger partial charge in [-0.15, -0.1) is 11.8 Å². The molecule has 1 amide bonds. The van der Waals surface area contributed by atoms with E-state index in [2.05, 4.69) is 5.32 Å². The lowest BCUT2D eigenvalue weighted by atomic mass is 10.2.